The standard InChI is InChI=1S/C16H17N3O2/c1-12(14-8-5-9-20-14)17-11-16-18-15(19-21-16)10-13-6-3-2-4-7-13/h2-9,12,17H,10-11H2,1H3. The van der Waals surface area contributed by atoms with Gasteiger partial charge in [-0.2, -0.15) is 4.98 Å². The van der Waals surface area contributed by atoms with Crippen LogP contribution in [0.4, 0.5) is 0 Å². The van der Waals surface area contributed by atoms with Crippen LogP contribution in [0, 0.1) is 0 Å². The van der Waals surface area contributed by atoms with E-state index in [1.54, 1.807) is 6.26 Å². The first-order valence-electron chi connectivity index (χ1n) is 6.93. The number of furan rings is 1. The molecule has 108 valence electrons. The summed E-state index contributed by atoms with van der Waals surface area (Å²) >= 11 is 0. The van der Waals surface area contributed by atoms with Crippen LogP contribution in [0.25, 0.3) is 0 Å². The number of nitrogens with zero attached hydrogens (tertiary/aromatic N) is 2. The highest BCUT2D eigenvalue weighted by Crippen LogP contribution is 2.13. The van der Waals surface area contributed by atoms with Crippen molar-refractivity contribution in [2.24, 2.45) is 0 Å². The Labute approximate surface area is 123 Å². The largest absolute Gasteiger partial charge is 0.468 e. The second-order valence-electron chi connectivity index (χ2n) is 4.88. The first-order chi connectivity index (χ1) is 10.3. The van der Waals surface area contributed by atoms with E-state index >= 15 is 0 Å². The normalized spacial score (nSPS) is 12.4. The van der Waals surface area contributed by atoms with Gasteiger partial charge in [-0.15, -0.1) is 0 Å². The predicted molar refractivity (Wildman–Crippen MR) is 77.5 cm³/mol. The van der Waals surface area contributed by atoms with Crippen molar-refractivity contribution in [3.8, 4) is 0 Å². The van der Waals surface area contributed by atoms with E-state index in [1.165, 1.54) is 5.56 Å². The molecule has 5 heteroatoms. The molecule has 0 aliphatic carbocycles. The van der Waals surface area contributed by atoms with Crippen LogP contribution in [0.3, 0.4) is 0 Å². The lowest BCUT2D eigenvalue weighted by Gasteiger charge is -2.08. The summed E-state index contributed by atoms with van der Waals surface area (Å²) < 4.78 is 10.6. The highest BCUT2D eigenvalue weighted by molar-refractivity contribution is 5.18. The van der Waals surface area contributed by atoms with Gasteiger partial charge in [-0.05, 0) is 24.6 Å². The molecule has 0 saturated heterocycles. The topological polar surface area (TPSA) is 64.1 Å². The summed E-state index contributed by atoms with van der Waals surface area (Å²) in [6.07, 6.45) is 2.34. The fraction of sp³-hybridized carbons (Fsp3) is 0.250. The van der Waals surface area contributed by atoms with Crippen LogP contribution in [0.5, 0.6) is 0 Å². The summed E-state index contributed by atoms with van der Waals surface area (Å²) in [5.74, 6) is 2.17. The van der Waals surface area contributed by atoms with Crippen LogP contribution in [0.2, 0.25) is 0 Å². The van der Waals surface area contributed by atoms with E-state index in [0.717, 1.165) is 5.76 Å². The minimum Gasteiger partial charge on any atom is -0.468 e. The lowest BCUT2D eigenvalue weighted by atomic mass is 10.1. The van der Waals surface area contributed by atoms with Gasteiger partial charge in [-0.1, -0.05) is 35.5 Å². The SMILES string of the molecule is CC(NCc1nc(Cc2ccccc2)no1)c1ccco1. The van der Waals surface area contributed by atoms with Crippen LogP contribution in [0.1, 0.15) is 36.0 Å². The van der Waals surface area contributed by atoms with Crippen LogP contribution in [0.15, 0.2) is 57.7 Å². The Hall–Kier alpha value is -2.40. The Kier molecular flexibility index (Phi) is 4.12. The smallest absolute Gasteiger partial charge is 0.240 e. The molecule has 2 heterocycles. The van der Waals surface area contributed by atoms with Crippen molar-refractivity contribution < 1.29 is 8.94 Å². The van der Waals surface area contributed by atoms with Gasteiger partial charge in [0.1, 0.15) is 5.76 Å². The maximum absolute atomic E-state index is 5.34. The number of hydrogen-bond acceptors (Lipinski definition) is 5. The van der Waals surface area contributed by atoms with Gasteiger partial charge >= 0.3 is 0 Å². The monoisotopic (exact) mass is 283 g/mol. The summed E-state index contributed by atoms with van der Waals surface area (Å²) in [5.41, 5.74) is 1.17. The van der Waals surface area contributed by atoms with E-state index < -0.39 is 0 Å². The minimum atomic E-state index is 0.101. The van der Waals surface area contributed by atoms with E-state index in [9.17, 15) is 0 Å². The zero-order valence-corrected chi connectivity index (χ0v) is 11.8. The highest BCUT2D eigenvalue weighted by atomic mass is 16.5. The molecule has 0 bridgehead atoms. The van der Waals surface area contributed by atoms with Crippen LogP contribution < -0.4 is 5.32 Å². The second-order valence-corrected chi connectivity index (χ2v) is 4.88. The van der Waals surface area contributed by atoms with E-state index in [2.05, 4.69) is 15.5 Å². The fourth-order valence-electron chi connectivity index (χ4n) is 2.09. The number of rotatable bonds is 6. The molecule has 1 atom stereocenters. The zero-order chi connectivity index (χ0) is 14.5. The van der Waals surface area contributed by atoms with Crippen molar-refractivity contribution in [3.05, 3.63) is 71.8 Å². The molecule has 0 aliphatic rings. The minimum absolute atomic E-state index is 0.101. The number of hydrogen-bond donors (Lipinski definition) is 1. The lowest BCUT2D eigenvalue weighted by Crippen LogP contribution is -2.17. The second kappa shape index (κ2) is 6.37. The quantitative estimate of drug-likeness (QED) is 0.753. The van der Waals surface area contributed by atoms with Gasteiger partial charge in [0.2, 0.25) is 5.89 Å². The Morgan fingerprint density at radius 2 is 2.00 bits per heavy atom. The first kappa shape index (κ1) is 13.6. The van der Waals surface area contributed by atoms with E-state index in [0.29, 0.717) is 24.7 Å². The maximum Gasteiger partial charge on any atom is 0.240 e. The molecule has 1 N–H and O–H groups in total. The molecule has 0 spiro atoms. The van der Waals surface area contributed by atoms with Crippen molar-refractivity contribution in [1.29, 1.82) is 0 Å². The summed E-state index contributed by atoms with van der Waals surface area (Å²) in [4.78, 5) is 4.39. The third-order valence-electron chi connectivity index (χ3n) is 3.24. The Bertz CT molecular complexity index is 662. The maximum atomic E-state index is 5.34. The molecule has 0 saturated carbocycles. The molecule has 1 aromatic carbocycles. The summed E-state index contributed by atoms with van der Waals surface area (Å²) in [5, 5.41) is 7.29. The Morgan fingerprint density at radius 1 is 1.14 bits per heavy atom. The molecular weight excluding hydrogens is 266 g/mol. The van der Waals surface area contributed by atoms with Gasteiger partial charge in [0.25, 0.3) is 0 Å². The molecule has 0 amide bonds. The van der Waals surface area contributed by atoms with Crippen molar-refractivity contribution in [1.82, 2.24) is 15.5 Å². The Balaban J connectivity index is 1.55. The highest BCUT2D eigenvalue weighted by Gasteiger charge is 2.11. The molecule has 0 radical (unpaired) electrons. The summed E-state index contributed by atoms with van der Waals surface area (Å²) in [7, 11) is 0. The fourth-order valence-corrected chi connectivity index (χ4v) is 2.09. The predicted octanol–water partition coefficient (Wildman–Crippen LogP) is 3.10. The van der Waals surface area contributed by atoms with Crippen molar-refractivity contribution in [2.45, 2.75) is 25.9 Å². The van der Waals surface area contributed by atoms with Gasteiger partial charge < -0.3 is 8.94 Å². The van der Waals surface area contributed by atoms with Gasteiger partial charge in [0.15, 0.2) is 5.82 Å². The number of nitrogens with one attached hydrogen (secondary N) is 1. The van der Waals surface area contributed by atoms with Crippen LogP contribution in [-0.2, 0) is 13.0 Å². The van der Waals surface area contributed by atoms with E-state index in [-0.39, 0.29) is 6.04 Å². The van der Waals surface area contributed by atoms with Crippen LogP contribution >= 0.6 is 0 Å². The van der Waals surface area contributed by atoms with Gasteiger partial charge in [0.05, 0.1) is 18.8 Å². The van der Waals surface area contributed by atoms with Gasteiger partial charge in [-0.3, -0.25) is 5.32 Å². The first-order valence-corrected chi connectivity index (χ1v) is 6.93. The van der Waals surface area contributed by atoms with Gasteiger partial charge in [-0.25, -0.2) is 0 Å². The van der Waals surface area contributed by atoms with Gasteiger partial charge in [0, 0.05) is 6.42 Å². The summed E-state index contributed by atoms with van der Waals surface area (Å²) in [6.45, 7) is 2.55. The third kappa shape index (κ3) is 3.58. The van der Waals surface area contributed by atoms with Crippen molar-refractivity contribution in [2.75, 3.05) is 0 Å². The molecule has 21 heavy (non-hydrogen) atoms. The average Bonchev–Trinajstić information content (AvgIpc) is 3.17. The average molecular weight is 283 g/mol. The van der Waals surface area contributed by atoms with E-state index in [1.807, 2.05) is 49.4 Å². The molecule has 3 rings (SSSR count). The van der Waals surface area contributed by atoms with Crippen molar-refractivity contribution >= 4 is 0 Å². The number of benzene rings is 1. The molecular formula is C16H17N3O2. The molecule has 1 unspecified atom stereocenters. The number of aromatic nitrogens is 2. The molecule has 0 aliphatic heterocycles. The third-order valence-corrected chi connectivity index (χ3v) is 3.24. The molecule has 3 aromatic rings. The van der Waals surface area contributed by atoms with Crippen LogP contribution in [-0.4, -0.2) is 10.1 Å². The van der Waals surface area contributed by atoms with Crippen molar-refractivity contribution in [3.63, 3.8) is 0 Å². The van der Waals surface area contributed by atoms with E-state index in [4.69, 9.17) is 8.94 Å². The zero-order valence-electron chi connectivity index (χ0n) is 11.8. The molecule has 5 nitrogen and oxygen atoms in total. The lowest BCUT2D eigenvalue weighted by molar-refractivity contribution is 0.347. The molecule has 2 aromatic heterocycles. The molecule has 0 fully saturated rings. The Morgan fingerprint density at radius 3 is 2.76 bits per heavy atom. The summed E-state index contributed by atoms with van der Waals surface area (Å²) in [6, 6.07) is 14.0.